The monoisotopic (exact) mass is 553 g/mol. The van der Waals surface area contributed by atoms with Crippen molar-refractivity contribution in [3.8, 4) is 0 Å². The van der Waals surface area contributed by atoms with Crippen LogP contribution in [-0.2, 0) is 32.6 Å². The normalized spacial score (nSPS) is 12.2. The summed E-state index contributed by atoms with van der Waals surface area (Å²) in [5.74, 6) is -1.33. The molecule has 7 nitrogen and oxygen atoms in total. The van der Waals surface area contributed by atoms with Gasteiger partial charge in [-0.15, -0.1) is 0 Å². The summed E-state index contributed by atoms with van der Waals surface area (Å²) >= 11 is 0. The van der Waals surface area contributed by atoms with Crippen molar-refractivity contribution in [3.63, 3.8) is 0 Å². The number of benzene rings is 3. The number of rotatable bonds is 11. The van der Waals surface area contributed by atoms with Gasteiger partial charge in [0.1, 0.15) is 18.4 Å². The summed E-state index contributed by atoms with van der Waals surface area (Å²) in [7, 11) is -3.85. The number of aryl methyl sites for hydroxylation is 2. The van der Waals surface area contributed by atoms with E-state index < -0.39 is 34.3 Å². The lowest BCUT2D eigenvalue weighted by molar-refractivity contribution is -0.140. The van der Waals surface area contributed by atoms with E-state index in [9.17, 15) is 22.4 Å². The molecule has 3 aromatic carbocycles. The summed E-state index contributed by atoms with van der Waals surface area (Å²) in [5.41, 5.74) is 3.53. The molecule has 0 unspecified atom stereocenters. The van der Waals surface area contributed by atoms with Gasteiger partial charge in [0.05, 0.1) is 11.9 Å². The Hall–Kier alpha value is -3.72. The second kappa shape index (κ2) is 12.9. The topological polar surface area (TPSA) is 86.8 Å². The molecule has 0 heterocycles. The second-order valence-corrected chi connectivity index (χ2v) is 12.0. The highest BCUT2D eigenvalue weighted by molar-refractivity contribution is 7.92. The Morgan fingerprint density at radius 1 is 0.897 bits per heavy atom. The maximum atomic E-state index is 14.0. The van der Waals surface area contributed by atoms with Gasteiger partial charge < -0.3 is 10.2 Å². The zero-order valence-electron chi connectivity index (χ0n) is 23.0. The van der Waals surface area contributed by atoms with Crippen LogP contribution < -0.4 is 9.62 Å². The fourth-order valence-electron chi connectivity index (χ4n) is 4.43. The van der Waals surface area contributed by atoms with E-state index in [-0.39, 0.29) is 24.9 Å². The van der Waals surface area contributed by atoms with E-state index in [1.54, 1.807) is 24.3 Å². The van der Waals surface area contributed by atoms with Gasteiger partial charge in [-0.05, 0) is 74.2 Å². The SMILES string of the molecule is Cc1cc(C)cc(N(CC(=O)N(Cc2ccc(F)cc2)[C@H](Cc2ccccc2)C(=O)NC(C)C)S(C)(=O)=O)c1. The number of sulfonamides is 1. The number of hydrogen-bond donors (Lipinski definition) is 1. The maximum Gasteiger partial charge on any atom is 0.244 e. The first-order valence-electron chi connectivity index (χ1n) is 12.8. The molecule has 1 N–H and O–H groups in total. The Kier molecular flexibility index (Phi) is 9.86. The van der Waals surface area contributed by atoms with Crippen molar-refractivity contribution in [2.75, 3.05) is 17.1 Å². The average molecular weight is 554 g/mol. The third kappa shape index (κ3) is 8.64. The van der Waals surface area contributed by atoms with E-state index in [0.29, 0.717) is 11.3 Å². The van der Waals surface area contributed by atoms with Crippen molar-refractivity contribution in [3.05, 3.63) is 101 Å². The fraction of sp³-hybridized carbons (Fsp3) is 0.333. The number of carbonyl (C=O) groups is 2. The van der Waals surface area contributed by atoms with Crippen LogP contribution in [0.25, 0.3) is 0 Å². The second-order valence-electron chi connectivity index (χ2n) is 10.1. The first kappa shape index (κ1) is 29.8. The summed E-state index contributed by atoms with van der Waals surface area (Å²) in [5, 5.41) is 2.90. The lowest BCUT2D eigenvalue weighted by Gasteiger charge is -2.34. The number of nitrogens with zero attached hydrogens (tertiary/aromatic N) is 2. The minimum absolute atomic E-state index is 0.00737. The van der Waals surface area contributed by atoms with Gasteiger partial charge in [-0.2, -0.15) is 0 Å². The van der Waals surface area contributed by atoms with Crippen LogP contribution in [0.1, 0.15) is 36.1 Å². The molecule has 1 atom stereocenters. The van der Waals surface area contributed by atoms with Crippen molar-refractivity contribution in [1.82, 2.24) is 10.2 Å². The first-order valence-corrected chi connectivity index (χ1v) is 14.6. The molecule has 0 saturated heterocycles. The van der Waals surface area contributed by atoms with Gasteiger partial charge in [-0.25, -0.2) is 12.8 Å². The third-order valence-corrected chi connectivity index (χ3v) is 7.28. The Labute approximate surface area is 230 Å². The van der Waals surface area contributed by atoms with Gasteiger partial charge in [0.15, 0.2) is 0 Å². The lowest BCUT2D eigenvalue weighted by Crippen LogP contribution is -2.54. The zero-order valence-corrected chi connectivity index (χ0v) is 23.8. The molecule has 0 radical (unpaired) electrons. The molecule has 0 saturated carbocycles. The molecular weight excluding hydrogens is 517 g/mol. The van der Waals surface area contributed by atoms with Gasteiger partial charge in [0, 0.05) is 19.0 Å². The van der Waals surface area contributed by atoms with Crippen molar-refractivity contribution in [1.29, 1.82) is 0 Å². The lowest BCUT2D eigenvalue weighted by atomic mass is 10.0. The third-order valence-electron chi connectivity index (χ3n) is 6.14. The molecule has 0 aliphatic carbocycles. The molecule has 0 fully saturated rings. The molecule has 0 aliphatic heterocycles. The van der Waals surface area contributed by atoms with Crippen LogP contribution in [0.15, 0.2) is 72.8 Å². The predicted molar refractivity (Wildman–Crippen MR) is 152 cm³/mol. The van der Waals surface area contributed by atoms with E-state index in [1.807, 2.05) is 64.1 Å². The number of carbonyl (C=O) groups excluding carboxylic acids is 2. The molecule has 0 spiro atoms. The largest absolute Gasteiger partial charge is 0.352 e. The average Bonchev–Trinajstić information content (AvgIpc) is 2.84. The molecule has 208 valence electrons. The molecule has 3 aromatic rings. The van der Waals surface area contributed by atoms with Crippen molar-refractivity contribution < 1.29 is 22.4 Å². The number of anilines is 1. The van der Waals surface area contributed by atoms with Crippen molar-refractivity contribution >= 4 is 27.5 Å². The number of hydrogen-bond acceptors (Lipinski definition) is 4. The fourth-order valence-corrected chi connectivity index (χ4v) is 5.26. The minimum atomic E-state index is -3.85. The molecule has 9 heteroatoms. The Morgan fingerprint density at radius 2 is 1.49 bits per heavy atom. The van der Waals surface area contributed by atoms with Gasteiger partial charge in [-0.3, -0.25) is 13.9 Å². The molecule has 0 aliphatic rings. The van der Waals surface area contributed by atoms with Gasteiger partial charge in [0.25, 0.3) is 0 Å². The van der Waals surface area contributed by atoms with Crippen LogP contribution in [0, 0.1) is 19.7 Å². The minimum Gasteiger partial charge on any atom is -0.352 e. The molecule has 0 bridgehead atoms. The van der Waals surface area contributed by atoms with E-state index in [1.165, 1.54) is 17.0 Å². The Bertz CT molecular complexity index is 1370. The zero-order chi connectivity index (χ0) is 28.7. The van der Waals surface area contributed by atoms with E-state index in [2.05, 4.69) is 5.32 Å². The number of nitrogens with one attached hydrogen (secondary N) is 1. The maximum absolute atomic E-state index is 14.0. The Morgan fingerprint density at radius 3 is 2.03 bits per heavy atom. The quantitative estimate of drug-likeness (QED) is 0.382. The standard InChI is InChI=1S/C30H36FN3O4S/c1-21(2)32-30(36)28(18-24-9-7-6-8-10-24)33(19-25-11-13-26(31)14-12-25)29(35)20-34(39(5,37)38)27-16-22(3)15-23(4)17-27/h6-17,21,28H,18-20H2,1-5H3,(H,32,36)/t28-/m1/s1. The predicted octanol–water partition coefficient (Wildman–Crippen LogP) is 4.37. The summed E-state index contributed by atoms with van der Waals surface area (Å²) < 4.78 is 40.5. The summed E-state index contributed by atoms with van der Waals surface area (Å²) in [4.78, 5) is 28.9. The highest BCUT2D eigenvalue weighted by Crippen LogP contribution is 2.23. The van der Waals surface area contributed by atoms with Gasteiger partial charge in [-0.1, -0.05) is 48.5 Å². The number of halogens is 1. The van der Waals surface area contributed by atoms with Crippen LogP contribution in [0.5, 0.6) is 0 Å². The Balaban J connectivity index is 2.06. The van der Waals surface area contributed by atoms with Crippen molar-refractivity contribution in [2.24, 2.45) is 0 Å². The van der Waals surface area contributed by atoms with E-state index in [0.717, 1.165) is 27.3 Å². The van der Waals surface area contributed by atoms with E-state index in [4.69, 9.17) is 0 Å². The summed E-state index contributed by atoms with van der Waals surface area (Å²) in [6.07, 6.45) is 1.27. The smallest absolute Gasteiger partial charge is 0.244 e. The van der Waals surface area contributed by atoms with Gasteiger partial charge in [0.2, 0.25) is 21.8 Å². The molecule has 39 heavy (non-hydrogen) atoms. The van der Waals surface area contributed by atoms with Gasteiger partial charge >= 0.3 is 0 Å². The molecule has 3 rings (SSSR count). The van der Waals surface area contributed by atoms with Crippen LogP contribution in [0.2, 0.25) is 0 Å². The number of amides is 2. The first-order chi connectivity index (χ1) is 18.3. The van der Waals surface area contributed by atoms with Crippen LogP contribution >= 0.6 is 0 Å². The summed E-state index contributed by atoms with van der Waals surface area (Å²) in [6, 6.07) is 19.2. The molecule has 2 amide bonds. The highest BCUT2D eigenvalue weighted by atomic mass is 32.2. The van der Waals surface area contributed by atoms with E-state index >= 15 is 0 Å². The molecule has 0 aromatic heterocycles. The van der Waals surface area contributed by atoms with Crippen molar-refractivity contribution in [2.45, 2.75) is 52.7 Å². The van der Waals surface area contributed by atoms with Crippen LogP contribution in [-0.4, -0.2) is 50.0 Å². The van der Waals surface area contributed by atoms with Crippen LogP contribution in [0.4, 0.5) is 10.1 Å². The highest BCUT2D eigenvalue weighted by Gasteiger charge is 2.33. The van der Waals surface area contributed by atoms with Crippen LogP contribution in [0.3, 0.4) is 0 Å². The molecular formula is C30H36FN3O4S. The summed E-state index contributed by atoms with van der Waals surface area (Å²) in [6.45, 7) is 6.86.